The molecule has 1 saturated carbocycles. The van der Waals surface area contributed by atoms with Crippen molar-refractivity contribution in [1.82, 2.24) is 10.3 Å². The third-order valence-corrected chi connectivity index (χ3v) is 5.32. The maximum Gasteiger partial charge on any atom is 0.263 e. The summed E-state index contributed by atoms with van der Waals surface area (Å²) >= 11 is 1.46. The fourth-order valence-corrected chi connectivity index (χ4v) is 3.91. The van der Waals surface area contributed by atoms with E-state index in [2.05, 4.69) is 15.6 Å². The van der Waals surface area contributed by atoms with E-state index in [-0.39, 0.29) is 5.91 Å². The molecule has 0 spiro atoms. The Morgan fingerprint density at radius 2 is 1.96 bits per heavy atom. The molecule has 1 amide bonds. The first-order valence-corrected chi connectivity index (χ1v) is 9.10. The van der Waals surface area contributed by atoms with Gasteiger partial charge in [0.05, 0.1) is 5.69 Å². The Morgan fingerprint density at radius 3 is 2.70 bits per heavy atom. The van der Waals surface area contributed by atoms with E-state index in [1.54, 1.807) is 0 Å². The standard InChI is InChI=1S/C18H23N3OS/c1-13-16(17(22)19-12-14-8-4-2-5-9-14)23-18(20-13)21-15-10-6-3-7-11-15/h2,4-5,8-9,15H,3,6-7,10-12H2,1H3,(H,19,22)(H,20,21). The van der Waals surface area contributed by atoms with Gasteiger partial charge in [0, 0.05) is 12.6 Å². The van der Waals surface area contributed by atoms with Crippen molar-refractivity contribution in [3.63, 3.8) is 0 Å². The van der Waals surface area contributed by atoms with Crippen LogP contribution in [0.5, 0.6) is 0 Å². The Balaban J connectivity index is 1.59. The summed E-state index contributed by atoms with van der Waals surface area (Å²) in [6, 6.07) is 10.5. The first-order valence-electron chi connectivity index (χ1n) is 8.28. The summed E-state index contributed by atoms with van der Waals surface area (Å²) in [6.45, 7) is 2.45. The number of benzene rings is 1. The molecule has 2 N–H and O–H groups in total. The Labute approximate surface area is 141 Å². The van der Waals surface area contributed by atoms with Crippen LogP contribution in [0.4, 0.5) is 5.13 Å². The van der Waals surface area contributed by atoms with Gasteiger partial charge in [0.25, 0.3) is 5.91 Å². The van der Waals surface area contributed by atoms with Crippen molar-refractivity contribution < 1.29 is 4.79 Å². The molecule has 3 rings (SSSR count). The second kappa shape index (κ2) is 7.59. The van der Waals surface area contributed by atoms with Gasteiger partial charge in [0.15, 0.2) is 5.13 Å². The van der Waals surface area contributed by atoms with Crippen LogP contribution in [0.15, 0.2) is 30.3 Å². The molecule has 0 radical (unpaired) electrons. The Bertz CT molecular complexity index is 648. The van der Waals surface area contributed by atoms with Gasteiger partial charge < -0.3 is 10.6 Å². The van der Waals surface area contributed by atoms with E-state index in [1.165, 1.54) is 43.4 Å². The predicted octanol–water partition coefficient (Wildman–Crippen LogP) is 4.13. The lowest BCUT2D eigenvalue weighted by atomic mass is 9.96. The number of thiazole rings is 1. The fraction of sp³-hybridized carbons (Fsp3) is 0.444. The second-order valence-electron chi connectivity index (χ2n) is 6.08. The molecule has 1 aliphatic carbocycles. The van der Waals surface area contributed by atoms with Crippen molar-refractivity contribution >= 4 is 22.4 Å². The van der Waals surface area contributed by atoms with Crippen molar-refractivity contribution in [2.75, 3.05) is 5.32 Å². The zero-order valence-electron chi connectivity index (χ0n) is 13.5. The molecule has 0 atom stereocenters. The maximum absolute atomic E-state index is 12.4. The number of aryl methyl sites for hydroxylation is 1. The first kappa shape index (κ1) is 16.0. The van der Waals surface area contributed by atoms with E-state index >= 15 is 0 Å². The zero-order valence-corrected chi connectivity index (χ0v) is 14.3. The van der Waals surface area contributed by atoms with Gasteiger partial charge in [-0.25, -0.2) is 4.98 Å². The molecule has 4 nitrogen and oxygen atoms in total. The van der Waals surface area contributed by atoms with Crippen LogP contribution in [0, 0.1) is 6.92 Å². The number of nitrogens with one attached hydrogen (secondary N) is 2. The van der Waals surface area contributed by atoms with E-state index in [0.717, 1.165) is 16.4 Å². The molecule has 0 unspecified atom stereocenters. The van der Waals surface area contributed by atoms with Crippen LogP contribution in [-0.4, -0.2) is 16.9 Å². The molecule has 0 saturated heterocycles. The van der Waals surface area contributed by atoms with Crippen LogP contribution < -0.4 is 10.6 Å². The Kier molecular flexibility index (Phi) is 5.28. The van der Waals surface area contributed by atoms with Crippen molar-refractivity contribution in [3.8, 4) is 0 Å². The minimum absolute atomic E-state index is 0.0412. The van der Waals surface area contributed by atoms with Gasteiger partial charge in [-0.05, 0) is 25.3 Å². The summed E-state index contributed by atoms with van der Waals surface area (Å²) in [5.41, 5.74) is 1.91. The highest BCUT2D eigenvalue weighted by molar-refractivity contribution is 7.17. The van der Waals surface area contributed by atoms with E-state index in [0.29, 0.717) is 17.5 Å². The lowest BCUT2D eigenvalue weighted by Crippen LogP contribution is -2.22. The van der Waals surface area contributed by atoms with Gasteiger partial charge in [-0.3, -0.25) is 4.79 Å². The summed E-state index contributed by atoms with van der Waals surface area (Å²) in [6.07, 6.45) is 6.31. The Hall–Kier alpha value is -1.88. The van der Waals surface area contributed by atoms with Crippen LogP contribution in [0.1, 0.15) is 53.0 Å². The molecule has 0 bridgehead atoms. The number of hydrogen-bond acceptors (Lipinski definition) is 4. The molecule has 1 aromatic carbocycles. The maximum atomic E-state index is 12.4. The lowest BCUT2D eigenvalue weighted by molar-refractivity contribution is 0.0954. The highest BCUT2D eigenvalue weighted by Gasteiger charge is 2.18. The van der Waals surface area contributed by atoms with Crippen molar-refractivity contribution in [1.29, 1.82) is 0 Å². The summed E-state index contributed by atoms with van der Waals surface area (Å²) in [5, 5.41) is 7.35. The molecule has 2 aromatic rings. The van der Waals surface area contributed by atoms with Crippen LogP contribution in [0.2, 0.25) is 0 Å². The lowest BCUT2D eigenvalue weighted by Gasteiger charge is -2.22. The number of hydrogen-bond donors (Lipinski definition) is 2. The van der Waals surface area contributed by atoms with Gasteiger partial charge in [-0.15, -0.1) is 0 Å². The quantitative estimate of drug-likeness (QED) is 0.867. The summed E-state index contributed by atoms with van der Waals surface area (Å²) in [7, 11) is 0. The molecular weight excluding hydrogens is 306 g/mol. The second-order valence-corrected chi connectivity index (χ2v) is 7.08. The molecule has 1 aromatic heterocycles. The van der Waals surface area contributed by atoms with Gasteiger partial charge >= 0.3 is 0 Å². The van der Waals surface area contributed by atoms with Crippen molar-refractivity contribution in [3.05, 3.63) is 46.5 Å². The number of carbonyl (C=O) groups is 1. The number of rotatable bonds is 5. The number of amides is 1. The molecule has 5 heteroatoms. The molecule has 122 valence electrons. The summed E-state index contributed by atoms with van der Waals surface area (Å²) in [4.78, 5) is 17.6. The topological polar surface area (TPSA) is 54.0 Å². The number of anilines is 1. The highest BCUT2D eigenvalue weighted by Crippen LogP contribution is 2.27. The van der Waals surface area contributed by atoms with Crippen molar-refractivity contribution in [2.24, 2.45) is 0 Å². The number of nitrogens with zero attached hydrogens (tertiary/aromatic N) is 1. The number of aromatic nitrogens is 1. The smallest absolute Gasteiger partial charge is 0.263 e. The third-order valence-electron chi connectivity index (χ3n) is 4.23. The van der Waals surface area contributed by atoms with Crippen LogP contribution in [-0.2, 0) is 6.54 Å². The van der Waals surface area contributed by atoms with Crippen LogP contribution in [0.3, 0.4) is 0 Å². The van der Waals surface area contributed by atoms with Crippen LogP contribution >= 0.6 is 11.3 Å². The third kappa shape index (κ3) is 4.32. The molecule has 1 fully saturated rings. The molecule has 1 aliphatic rings. The summed E-state index contributed by atoms with van der Waals surface area (Å²) in [5.74, 6) is -0.0412. The van der Waals surface area contributed by atoms with E-state index < -0.39 is 0 Å². The molecule has 1 heterocycles. The van der Waals surface area contributed by atoms with Crippen molar-refractivity contribution in [2.45, 2.75) is 51.6 Å². The average Bonchev–Trinajstić information content (AvgIpc) is 2.95. The van der Waals surface area contributed by atoms with Crippen LogP contribution in [0.25, 0.3) is 0 Å². The SMILES string of the molecule is Cc1nc(NC2CCCCC2)sc1C(=O)NCc1ccccc1. The van der Waals surface area contributed by atoms with Gasteiger partial charge in [0.1, 0.15) is 4.88 Å². The Morgan fingerprint density at radius 1 is 1.22 bits per heavy atom. The minimum Gasteiger partial charge on any atom is -0.359 e. The van der Waals surface area contributed by atoms with E-state index in [4.69, 9.17) is 0 Å². The largest absolute Gasteiger partial charge is 0.359 e. The highest BCUT2D eigenvalue weighted by atomic mass is 32.1. The average molecular weight is 329 g/mol. The zero-order chi connectivity index (χ0) is 16.1. The molecule has 23 heavy (non-hydrogen) atoms. The first-order chi connectivity index (χ1) is 11.2. The normalized spacial score (nSPS) is 15.3. The monoisotopic (exact) mass is 329 g/mol. The minimum atomic E-state index is -0.0412. The molecule has 0 aliphatic heterocycles. The fourth-order valence-electron chi connectivity index (χ4n) is 2.95. The van der Waals surface area contributed by atoms with Gasteiger partial charge in [0.2, 0.25) is 0 Å². The predicted molar refractivity (Wildman–Crippen MR) is 95.0 cm³/mol. The van der Waals surface area contributed by atoms with Gasteiger partial charge in [-0.1, -0.05) is 60.9 Å². The number of carbonyl (C=O) groups excluding carboxylic acids is 1. The van der Waals surface area contributed by atoms with E-state index in [1.807, 2.05) is 37.3 Å². The van der Waals surface area contributed by atoms with Gasteiger partial charge in [-0.2, -0.15) is 0 Å². The van der Waals surface area contributed by atoms with E-state index in [9.17, 15) is 4.79 Å². The summed E-state index contributed by atoms with van der Waals surface area (Å²) < 4.78 is 0. The molecular formula is C18H23N3OS.